The lowest BCUT2D eigenvalue weighted by atomic mass is 9.75. The van der Waals surface area contributed by atoms with Crippen LogP contribution in [0.25, 0.3) is 0 Å². The monoisotopic (exact) mass is 223 g/mol. The predicted molar refractivity (Wildman–Crippen MR) is 67.5 cm³/mol. The Labute approximate surface area is 96.9 Å². The first-order valence-electron chi connectivity index (χ1n) is 6.05. The van der Waals surface area contributed by atoms with E-state index in [0.29, 0.717) is 0 Å². The number of thiophene rings is 1. The minimum atomic E-state index is 0.736. The third kappa shape index (κ3) is 2.43. The molecule has 0 aliphatic heterocycles. The topological polar surface area (TPSA) is 12.0 Å². The van der Waals surface area contributed by atoms with Crippen LogP contribution in [0.2, 0.25) is 0 Å². The number of nitrogens with one attached hydrogen (secondary N) is 1. The second-order valence-electron chi connectivity index (χ2n) is 4.59. The fourth-order valence-corrected chi connectivity index (χ4v) is 3.77. The molecule has 3 unspecified atom stereocenters. The molecule has 1 aliphatic carbocycles. The molecule has 1 aromatic rings. The van der Waals surface area contributed by atoms with Gasteiger partial charge in [0, 0.05) is 10.9 Å². The molecular weight excluding hydrogens is 202 g/mol. The quantitative estimate of drug-likeness (QED) is 0.825. The zero-order valence-electron chi connectivity index (χ0n) is 9.70. The molecule has 0 aromatic carbocycles. The van der Waals surface area contributed by atoms with E-state index in [1.807, 2.05) is 11.3 Å². The Morgan fingerprint density at radius 1 is 1.47 bits per heavy atom. The van der Waals surface area contributed by atoms with E-state index in [4.69, 9.17) is 0 Å². The normalized spacial score (nSPS) is 31.7. The molecule has 1 heterocycles. The third-order valence-electron chi connectivity index (χ3n) is 3.83. The molecule has 3 atom stereocenters. The summed E-state index contributed by atoms with van der Waals surface area (Å²) in [7, 11) is 2.10. The van der Waals surface area contributed by atoms with Crippen LogP contribution in [0, 0.1) is 5.92 Å². The Morgan fingerprint density at radius 2 is 2.33 bits per heavy atom. The zero-order chi connectivity index (χ0) is 10.7. The maximum absolute atomic E-state index is 3.45. The van der Waals surface area contributed by atoms with Crippen molar-refractivity contribution in [1.82, 2.24) is 5.32 Å². The summed E-state index contributed by atoms with van der Waals surface area (Å²) in [5.41, 5.74) is 0. The Balaban J connectivity index is 2.10. The van der Waals surface area contributed by atoms with Crippen molar-refractivity contribution in [3.8, 4) is 0 Å². The third-order valence-corrected chi connectivity index (χ3v) is 4.84. The first kappa shape index (κ1) is 11.2. The summed E-state index contributed by atoms with van der Waals surface area (Å²) in [6, 6.07) is 5.24. The minimum Gasteiger partial charge on any atom is -0.317 e. The number of hydrogen-bond acceptors (Lipinski definition) is 2. The summed E-state index contributed by atoms with van der Waals surface area (Å²) in [6.07, 6.45) is 5.41. The zero-order valence-corrected chi connectivity index (χ0v) is 10.5. The highest BCUT2D eigenvalue weighted by Crippen LogP contribution is 2.41. The van der Waals surface area contributed by atoms with Crippen molar-refractivity contribution in [3.05, 3.63) is 22.4 Å². The first-order chi connectivity index (χ1) is 7.35. The summed E-state index contributed by atoms with van der Waals surface area (Å²) in [4.78, 5) is 1.60. The highest BCUT2D eigenvalue weighted by molar-refractivity contribution is 7.10. The van der Waals surface area contributed by atoms with Gasteiger partial charge in [-0.05, 0) is 49.6 Å². The van der Waals surface area contributed by atoms with Crippen molar-refractivity contribution < 1.29 is 0 Å². The van der Waals surface area contributed by atoms with Crippen molar-refractivity contribution in [2.75, 3.05) is 7.05 Å². The second-order valence-corrected chi connectivity index (χ2v) is 5.57. The van der Waals surface area contributed by atoms with E-state index in [1.165, 1.54) is 25.7 Å². The van der Waals surface area contributed by atoms with E-state index < -0.39 is 0 Å². The summed E-state index contributed by atoms with van der Waals surface area (Å²) >= 11 is 1.93. The molecule has 15 heavy (non-hydrogen) atoms. The summed E-state index contributed by atoms with van der Waals surface area (Å²) in [5.74, 6) is 1.72. The van der Waals surface area contributed by atoms with Crippen molar-refractivity contribution in [2.24, 2.45) is 5.92 Å². The standard InChI is InChI=1S/C13H21NS/c1-3-10-6-7-11(14-2)9-12(10)13-5-4-8-15-13/h4-5,8,10-12,14H,3,6-7,9H2,1-2H3. The number of rotatable bonds is 3. The van der Waals surface area contributed by atoms with Crippen LogP contribution in [-0.2, 0) is 0 Å². The summed E-state index contributed by atoms with van der Waals surface area (Å²) in [5, 5.41) is 5.66. The van der Waals surface area contributed by atoms with Gasteiger partial charge in [-0.2, -0.15) is 0 Å². The highest BCUT2D eigenvalue weighted by Gasteiger charge is 2.30. The molecule has 1 aromatic heterocycles. The van der Waals surface area contributed by atoms with Gasteiger partial charge in [0.05, 0.1) is 0 Å². The lowest BCUT2D eigenvalue weighted by Gasteiger charge is -2.35. The van der Waals surface area contributed by atoms with E-state index in [0.717, 1.165) is 17.9 Å². The van der Waals surface area contributed by atoms with Crippen molar-refractivity contribution >= 4 is 11.3 Å². The molecule has 84 valence electrons. The lowest BCUT2D eigenvalue weighted by Crippen LogP contribution is -2.34. The van der Waals surface area contributed by atoms with Crippen LogP contribution < -0.4 is 5.32 Å². The molecule has 2 heteroatoms. The molecule has 1 saturated carbocycles. The Kier molecular flexibility index (Phi) is 3.81. The van der Waals surface area contributed by atoms with E-state index in [1.54, 1.807) is 4.88 Å². The Bertz CT molecular complexity index is 281. The molecule has 0 spiro atoms. The molecule has 1 fully saturated rings. The second kappa shape index (κ2) is 5.13. The molecule has 0 radical (unpaired) electrons. The molecule has 0 saturated heterocycles. The molecule has 0 amide bonds. The first-order valence-corrected chi connectivity index (χ1v) is 6.93. The molecule has 1 nitrogen and oxygen atoms in total. The van der Waals surface area contributed by atoms with E-state index >= 15 is 0 Å². The van der Waals surface area contributed by atoms with Gasteiger partial charge in [-0.3, -0.25) is 0 Å². The molecular formula is C13H21NS. The van der Waals surface area contributed by atoms with Crippen LogP contribution in [0.3, 0.4) is 0 Å². The summed E-state index contributed by atoms with van der Waals surface area (Å²) < 4.78 is 0. The molecule has 0 bridgehead atoms. The van der Waals surface area contributed by atoms with Gasteiger partial charge in [-0.1, -0.05) is 19.4 Å². The minimum absolute atomic E-state index is 0.736. The van der Waals surface area contributed by atoms with Crippen LogP contribution >= 0.6 is 11.3 Å². The van der Waals surface area contributed by atoms with Crippen LogP contribution in [0.1, 0.15) is 43.4 Å². The van der Waals surface area contributed by atoms with Gasteiger partial charge < -0.3 is 5.32 Å². The van der Waals surface area contributed by atoms with E-state index in [-0.39, 0.29) is 0 Å². The van der Waals surface area contributed by atoms with Crippen LogP contribution in [0.15, 0.2) is 17.5 Å². The maximum atomic E-state index is 3.45. The predicted octanol–water partition coefficient (Wildman–Crippen LogP) is 3.63. The molecule has 1 aliphatic rings. The smallest absolute Gasteiger partial charge is 0.00795 e. The Hall–Kier alpha value is -0.340. The SMILES string of the molecule is CCC1CCC(NC)CC1c1cccs1. The van der Waals surface area contributed by atoms with Gasteiger partial charge in [-0.25, -0.2) is 0 Å². The van der Waals surface area contributed by atoms with Gasteiger partial charge in [0.25, 0.3) is 0 Å². The van der Waals surface area contributed by atoms with Crippen molar-refractivity contribution in [1.29, 1.82) is 0 Å². The molecule has 2 rings (SSSR count). The Morgan fingerprint density at radius 3 is 2.93 bits per heavy atom. The van der Waals surface area contributed by atoms with Crippen LogP contribution in [-0.4, -0.2) is 13.1 Å². The summed E-state index contributed by atoms with van der Waals surface area (Å²) in [6.45, 7) is 2.34. The highest BCUT2D eigenvalue weighted by atomic mass is 32.1. The van der Waals surface area contributed by atoms with Crippen LogP contribution in [0.4, 0.5) is 0 Å². The van der Waals surface area contributed by atoms with Gasteiger partial charge in [-0.15, -0.1) is 11.3 Å². The maximum Gasteiger partial charge on any atom is 0.00795 e. The largest absolute Gasteiger partial charge is 0.317 e. The molecule has 1 N–H and O–H groups in total. The number of hydrogen-bond donors (Lipinski definition) is 1. The van der Waals surface area contributed by atoms with Gasteiger partial charge in [0.2, 0.25) is 0 Å². The fraction of sp³-hybridized carbons (Fsp3) is 0.692. The average molecular weight is 223 g/mol. The van der Waals surface area contributed by atoms with E-state index in [9.17, 15) is 0 Å². The lowest BCUT2D eigenvalue weighted by molar-refractivity contribution is 0.257. The average Bonchev–Trinajstić information content (AvgIpc) is 2.81. The van der Waals surface area contributed by atoms with Crippen molar-refractivity contribution in [2.45, 2.75) is 44.6 Å². The van der Waals surface area contributed by atoms with E-state index in [2.05, 4.69) is 36.8 Å². The van der Waals surface area contributed by atoms with Crippen LogP contribution in [0.5, 0.6) is 0 Å². The van der Waals surface area contributed by atoms with Gasteiger partial charge in [0.15, 0.2) is 0 Å². The fourth-order valence-electron chi connectivity index (χ4n) is 2.83. The van der Waals surface area contributed by atoms with Gasteiger partial charge >= 0.3 is 0 Å². The van der Waals surface area contributed by atoms with Gasteiger partial charge in [0.1, 0.15) is 0 Å². The van der Waals surface area contributed by atoms with Crippen molar-refractivity contribution in [3.63, 3.8) is 0 Å².